The molecule has 3 heterocycles. The molecule has 60 heavy (non-hydrogen) atoms. The lowest BCUT2D eigenvalue weighted by Crippen LogP contribution is -2.70. The minimum absolute atomic E-state index is 0.103. The second-order valence-electron chi connectivity index (χ2n) is 16.5. The normalized spacial score (nSPS) is 26.3. The molecule has 0 bridgehead atoms. The molecule has 4 aliphatic rings. The fourth-order valence-corrected chi connectivity index (χ4v) is 9.95. The highest BCUT2D eigenvalue weighted by atomic mass is 16.8. The first-order valence-electron chi connectivity index (χ1n) is 22.1. The summed E-state index contributed by atoms with van der Waals surface area (Å²) >= 11 is 0. The maximum Gasteiger partial charge on any atom is 0.318 e. The quantitative estimate of drug-likeness (QED) is 0.0475. The molecule has 2 aliphatic heterocycles. The molecular formula is C48H64N4O8. The summed E-state index contributed by atoms with van der Waals surface area (Å²) < 4.78 is 26.6. The van der Waals surface area contributed by atoms with Crippen molar-refractivity contribution in [3.63, 3.8) is 0 Å². The summed E-state index contributed by atoms with van der Waals surface area (Å²) in [6.07, 6.45) is 13.9. The first kappa shape index (κ1) is 43.5. The van der Waals surface area contributed by atoms with E-state index < -0.39 is 24.0 Å². The minimum Gasteiger partial charge on any atom is -0.490 e. The van der Waals surface area contributed by atoms with Crippen molar-refractivity contribution < 1.29 is 38.8 Å². The maximum atomic E-state index is 14.8. The monoisotopic (exact) mass is 824 g/mol. The molecule has 1 saturated heterocycles. The number of amides is 2. The Labute approximate surface area is 354 Å². The van der Waals surface area contributed by atoms with E-state index in [4.69, 9.17) is 28.9 Å². The van der Waals surface area contributed by atoms with E-state index >= 15 is 0 Å². The molecular weight excluding hydrogens is 761 g/mol. The number of aromatic amines is 1. The number of aliphatic hydroxyl groups excluding tert-OH is 2. The number of urea groups is 1. The molecule has 3 aromatic rings. The highest BCUT2D eigenvalue weighted by Gasteiger charge is 2.65. The van der Waals surface area contributed by atoms with Gasteiger partial charge in [-0.25, -0.2) is 4.79 Å². The Bertz CT molecular complexity index is 1940. The summed E-state index contributed by atoms with van der Waals surface area (Å²) in [5, 5.41) is 29.1. The molecule has 2 aliphatic carbocycles. The number of hydrogen-bond acceptors (Lipinski definition) is 9. The number of para-hydroxylation sites is 1. The number of ether oxygens (including phenoxy) is 4. The van der Waals surface area contributed by atoms with Gasteiger partial charge >= 0.3 is 6.03 Å². The zero-order valence-corrected chi connectivity index (χ0v) is 35.2. The standard InChI is InChI=1S/C48H64N4O8/c1-4-22-52(47(55)49-32-35-28-34-16-7-8-18-40(34)50-35)43-31-41(51-60-44-19-11-14-27-57-44)38-29-33(15-9-12-23-53)37(17-10-13-24-54)45-39-30-36(56-25-5-2)20-21-42(39)59-48(43,46(38)45)58-26-6-3/h5-8,16,18,20-21,28-30,33,37,43-46,50,53-54H,2-4,9-15,17,19,22-27,31-32H2,1H3,(H,49,55)/t33-,37+,43-,44?,45+,46+,48+/m0/s1. The van der Waals surface area contributed by atoms with Crippen LogP contribution in [0, 0.1) is 17.8 Å². The number of nitrogens with one attached hydrogen (secondary N) is 2. The van der Waals surface area contributed by atoms with Crippen LogP contribution in [-0.4, -0.2) is 89.5 Å². The fourth-order valence-electron chi connectivity index (χ4n) is 9.95. The van der Waals surface area contributed by atoms with E-state index in [1.54, 1.807) is 12.2 Å². The summed E-state index contributed by atoms with van der Waals surface area (Å²) in [4.78, 5) is 26.4. The van der Waals surface area contributed by atoms with Gasteiger partial charge in [0.05, 0.1) is 31.4 Å². The van der Waals surface area contributed by atoms with Gasteiger partial charge in [-0.05, 0) is 98.1 Å². The van der Waals surface area contributed by atoms with Crippen LogP contribution in [0.5, 0.6) is 11.5 Å². The van der Waals surface area contributed by atoms with E-state index in [0.29, 0.717) is 63.5 Å². The van der Waals surface area contributed by atoms with Gasteiger partial charge in [-0.1, -0.05) is 67.9 Å². The van der Waals surface area contributed by atoms with E-state index in [0.717, 1.165) is 78.4 Å². The van der Waals surface area contributed by atoms with Crippen molar-refractivity contribution in [1.29, 1.82) is 0 Å². The molecule has 4 N–H and O–H groups in total. The molecule has 12 nitrogen and oxygen atoms in total. The number of fused-ring (bicyclic) bond motifs is 3. The minimum atomic E-state index is -1.35. The van der Waals surface area contributed by atoms with Crippen LogP contribution in [0.25, 0.3) is 10.9 Å². The van der Waals surface area contributed by atoms with Crippen molar-refractivity contribution >= 4 is 22.6 Å². The second-order valence-corrected chi connectivity index (χ2v) is 16.5. The molecule has 2 aromatic carbocycles. The van der Waals surface area contributed by atoms with Gasteiger partial charge in [0.25, 0.3) is 0 Å². The third kappa shape index (κ3) is 9.47. The summed E-state index contributed by atoms with van der Waals surface area (Å²) in [6, 6.07) is 15.3. The van der Waals surface area contributed by atoms with Crippen LogP contribution in [0.3, 0.4) is 0 Å². The predicted octanol–water partition coefficient (Wildman–Crippen LogP) is 8.51. The number of H-pyrrole nitrogens is 1. The maximum absolute atomic E-state index is 14.8. The van der Waals surface area contributed by atoms with Crippen molar-refractivity contribution in [3.8, 4) is 11.5 Å². The van der Waals surface area contributed by atoms with Crippen LogP contribution in [0.1, 0.15) is 94.7 Å². The summed E-state index contributed by atoms with van der Waals surface area (Å²) in [5.41, 5.74) is 4.66. The molecule has 2 fully saturated rings. The Morgan fingerprint density at radius 3 is 2.62 bits per heavy atom. The number of hydrogen-bond donors (Lipinski definition) is 4. The number of aromatic nitrogens is 1. The number of oxime groups is 1. The third-order valence-electron chi connectivity index (χ3n) is 12.5. The zero-order valence-electron chi connectivity index (χ0n) is 35.2. The number of aliphatic hydroxyl groups is 2. The summed E-state index contributed by atoms with van der Waals surface area (Å²) in [5.74, 6) is -0.303. The number of carbonyl (C=O) groups excluding carboxylic acids is 1. The Balaban J connectivity index is 1.38. The first-order chi connectivity index (χ1) is 29.4. The summed E-state index contributed by atoms with van der Waals surface area (Å²) in [6.45, 7) is 12.1. The van der Waals surface area contributed by atoms with E-state index in [2.05, 4.69) is 54.7 Å². The molecule has 0 radical (unpaired) electrons. The van der Waals surface area contributed by atoms with Gasteiger partial charge < -0.3 is 49.2 Å². The Morgan fingerprint density at radius 2 is 1.87 bits per heavy atom. The largest absolute Gasteiger partial charge is 0.490 e. The van der Waals surface area contributed by atoms with Crippen LogP contribution in [0.15, 0.2) is 90.6 Å². The molecule has 12 heteroatoms. The molecule has 2 amide bonds. The van der Waals surface area contributed by atoms with Crippen molar-refractivity contribution in [1.82, 2.24) is 15.2 Å². The number of carbonyl (C=O) groups is 1. The van der Waals surface area contributed by atoms with Crippen LogP contribution in [-0.2, 0) is 20.9 Å². The average Bonchev–Trinajstić information content (AvgIpc) is 3.70. The molecule has 0 spiro atoms. The van der Waals surface area contributed by atoms with Gasteiger partial charge in [-0.3, -0.25) is 0 Å². The molecule has 7 rings (SSSR count). The van der Waals surface area contributed by atoms with E-state index in [1.807, 2.05) is 35.2 Å². The van der Waals surface area contributed by atoms with E-state index in [9.17, 15) is 15.0 Å². The van der Waals surface area contributed by atoms with Crippen LogP contribution in [0.4, 0.5) is 4.79 Å². The highest BCUT2D eigenvalue weighted by Crippen LogP contribution is 2.62. The van der Waals surface area contributed by atoms with Crippen molar-refractivity contribution in [2.45, 2.75) is 108 Å². The lowest BCUT2D eigenvalue weighted by atomic mass is 9.55. The molecule has 1 aromatic heterocycles. The number of allylic oxidation sites excluding steroid dienone is 1. The van der Waals surface area contributed by atoms with E-state index in [1.165, 1.54) is 0 Å². The molecule has 7 atom stereocenters. The van der Waals surface area contributed by atoms with Gasteiger partial charge in [-0.15, -0.1) is 6.58 Å². The highest BCUT2D eigenvalue weighted by molar-refractivity contribution is 6.03. The van der Waals surface area contributed by atoms with Crippen molar-refractivity contribution in [2.75, 3.05) is 39.6 Å². The van der Waals surface area contributed by atoms with Crippen LogP contribution >= 0.6 is 0 Å². The third-order valence-corrected chi connectivity index (χ3v) is 12.5. The van der Waals surface area contributed by atoms with Gasteiger partial charge in [0.1, 0.15) is 24.1 Å². The van der Waals surface area contributed by atoms with Crippen molar-refractivity contribution in [3.05, 3.63) is 96.7 Å². The Morgan fingerprint density at radius 1 is 1.05 bits per heavy atom. The first-order valence-corrected chi connectivity index (χ1v) is 22.1. The molecule has 324 valence electrons. The molecule has 1 saturated carbocycles. The Kier molecular flexibility index (Phi) is 15.0. The van der Waals surface area contributed by atoms with Gasteiger partial charge in [0.15, 0.2) is 0 Å². The SMILES string of the molecule is C=CCOc1ccc2c(c1)[C@H]1[C@H](CCCCO)[C@@H](CCCCO)C=C3C(=NOC4CCCCO4)C[C@H](N(CCC)C(=O)NCc4cc5ccccc5[nH]4)[C@@](OCC=C)(O2)[C@H]31. The van der Waals surface area contributed by atoms with Crippen LogP contribution in [0.2, 0.25) is 0 Å². The smallest absolute Gasteiger partial charge is 0.318 e. The number of rotatable bonds is 21. The number of unbranched alkanes of at least 4 members (excludes halogenated alkanes) is 2. The summed E-state index contributed by atoms with van der Waals surface area (Å²) in [7, 11) is 0. The van der Waals surface area contributed by atoms with Crippen molar-refractivity contribution in [2.24, 2.45) is 22.9 Å². The average molecular weight is 825 g/mol. The lowest BCUT2D eigenvalue weighted by molar-refractivity contribution is -0.254. The second kappa shape index (κ2) is 20.8. The van der Waals surface area contributed by atoms with Crippen LogP contribution < -0.4 is 14.8 Å². The predicted molar refractivity (Wildman–Crippen MR) is 233 cm³/mol. The van der Waals surface area contributed by atoms with E-state index in [-0.39, 0.29) is 43.6 Å². The zero-order chi connectivity index (χ0) is 41.9. The number of benzene rings is 2. The van der Waals surface area contributed by atoms with Gasteiger partial charge in [0.2, 0.25) is 12.1 Å². The number of nitrogens with zero attached hydrogens (tertiary/aromatic N) is 2. The van der Waals surface area contributed by atoms with Gasteiger partial charge in [0, 0.05) is 55.3 Å². The Hall–Kier alpha value is -4.62. The lowest BCUT2D eigenvalue weighted by Gasteiger charge is -2.60. The fraction of sp³-hybridized carbons (Fsp3) is 0.542. The van der Waals surface area contributed by atoms with Gasteiger partial charge in [-0.2, -0.15) is 0 Å². The molecule has 1 unspecified atom stereocenters. The topological polar surface area (TPSA) is 147 Å².